The van der Waals surface area contributed by atoms with Gasteiger partial charge < -0.3 is 5.32 Å². The van der Waals surface area contributed by atoms with Crippen LogP contribution in [0.5, 0.6) is 0 Å². The van der Waals surface area contributed by atoms with E-state index < -0.39 is 5.66 Å². The van der Waals surface area contributed by atoms with Gasteiger partial charge in [0, 0.05) is 16.3 Å². The van der Waals surface area contributed by atoms with Crippen LogP contribution in [0.1, 0.15) is 19.4 Å². The van der Waals surface area contributed by atoms with Gasteiger partial charge in [-0.15, -0.1) is 0 Å². The molecule has 0 aliphatic carbocycles. The third kappa shape index (κ3) is 4.71. The fourth-order valence-electron chi connectivity index (χ4n) is 2.41. The van der Waals surface area contributed by atoms with E-state index >= 15 is 0 Å². The third-order valence-electron chi connectivity index (χ3n) is 3.55. The van der Waals surface area contributed by atoms with E-state index in [-0.39, 0.29) is 17.5 Å². The summed E-state index contributed by atoms with van der Waals surface area (Å²) < 4.78 is 12.9. The Morgan fingerprint density at radius 1 is 1.12 bits per heavy atom. The summed E-state index contributed by atoms with van der Waals surface area (Å²) in [5, 5.41) is 4.10. The summed E-state index contributed by atoms with van der Waals surface area (Å²) in [6, 6.07) is 13.0. The van der Waals surface area contributed by atoms with Gasteiger partial charge in [0.25, 0.3) is 0 Å². The van der Waals surface area contributed by atoms with Crippen LogP contribution in [0.4, 0.5) is 10.1 Å². The van der Waals surface area contributed by atoms with Gasteiger partial charge in [-0.05, 0) is 50.2 Å². The summed E-state index contributed by atoms with van der Waals surface area (Å²) in [5.41, 5.74) is 1.65. The number of hydrogen-bond acceptors (Lipinski definition) is 4. The SMILES string of the molecule is CC1(C)N=C(SCC(=O)Nc2ccc(F)cc2)C(c2ccc(Cl)cc2)=N1. The van der Waals surface area contributed by atoms with Crippen molar-refractivity contribution < 1.29 is 9.18 Å². The Bertz CT molecular complexity index is 877. The molecule has 26 heavy (non-hydrogen) atoms. The van der Waals surface area contributed by atoms with Crippen molar-refractivity contribution >= 4 is 45.7 Å². The van der Waals surface area contributed by atoms with Crippen LogP contribution in [0, 0.1) is 5.82 Å². The maximum absolute atomic E-state index is 12.9. The van der Waals surface area contributed by atoms with E-state index in [4.69, 9.17) is 11.6 Å². The number of carbonyl (C=O) groups is 1. The molecule has 0 aromatic heterocycles. The molecule has 1 amide bonds. The van der Waals surface area contributed by atoms with Crippen LogP contribution in [-0.2, 0) is 4.79 Å². The van der Waals surface area contributed by atoms with Crippen LogP contribution < -0.4 is 5.32 Å². The number of halogens is 2. The fourth-order valence-corrected chi connectivity index (χ4v) is 3.46. The predicted octanol–water partition coefficient (Wildman–Crippen LogP) is 4.79. The van der Waals surface area contributed by atoms with Crippen LogP contribution in [0.15, 0.2) is 58.5 Å². The van der Waals surface area contributed by atoms with E-state index in [1.54, 1.807) is 12.1 Å². The highest BCUT2D eigenvalue weighted by atomic mass is 35.5. The molecule has 0 unspecified atom stereocenters. The highest BCUT2D eigenvalue weighted by Crippen LogP contribution is 2.27. The van der Waals surface area contributed by atoms with Gasteiger partial charge in [0.15, 0.2) is 0 Å². The zero-order valence-corrected chi connectivity index (χ0v) is 15.9. The first-order valence-electron chi connectivity index (χ1n) is 7.97. The highest BCUT2D eigenvalue weighted by Gasteiger charge is 2.28. The normalized spacial score (nSPS) is 15.4. The van der Waals surface area contributed by atoms with Crippen molar-refractivity contribution in [3.8, 4) is 0 Å². The van der Waals surface area contributed by atoms with E-state index in [2.05, 4.69) is 15.3 Å². The fraction of sp³-hybridized carbons (Fsp3) is 0.211. The summed E-state index contributed by atoms with van der Waals surface area (Å²) in [4.78, 5) is 21.4. The lowest BCUT2D eigenvalue weighted by Crippen LogP contribution is -2.17. The molecule has 134 valence electrons. The molecule has 0 bridgehead atoms. The first-order valence-corrected chi connectivity index (χ1v) is 9.33. The van der Waals surface area contributed by atoms with Gasteiger partial charge in [-0.3, -0.25) is 9.79 Å². The Hall–Kier alpha value is -2.18. The Morgan fingerprint density at radius 3 is 2.42 bits per heavy atom. The molecule has 0 saturated carbocycles. The zero-order valence-electron chi connectivity index (χ0n) is 14.3. The van der Waals surface area contributed by atoms with Crippen molar-refractivity contribution in [2.75, 3.05) is 11.1 Å². The topological polar surface area (TPSA) is 53.8 Å². The molecule has 2 aromatic rings. The van der Waals surface area contributed by atoms with Crippen LogP contribution in [0.25, 0.3) is 0 Å². The smallest absolute Gasteiger partial charge is 0.234 e. The molecular weight excluding hydrogens is 373 g/mol. The molecule has 0 radical (unpaired) electrons. The summed E-state index contributed by atoms with van der Waals surface area (Å²) in [5.74, 6) is -0.355. The Balaban J connectivity index is 1.67. The number of rotatable bonds is 4. The summed E-state index contributed by atoms with van der Waals surface area (Å²) >= 11 is 7.27. The Labute approximate surface area is 160 Å². The minimum atomic E-state index is -0.565. The molecule has 2 aromatic carbocycles. The molecule has 0 saturated heterocycles. The lowest BCUT2D eigenvalue weighted by atomic mass is 10.1. The number of anilines is 1. The molecule has 3 rings (SSSR count). The number of hydrogen-bond donors (Lipinski definition) is 1. The van der Waals surface area contributed by atoms with Gasteiger partial charge in [0.05, 0.1) is 11.5 Å². The van der Waals surface area contributed by atoms with Crippen LogP contribution in [0.2, 0.25) is 5.02 Å². The van der Waals surface area contributed by atoms with Gasteiger partial charge in [-0.2, -0.15) is 0 Å². The van der Waals surface area contributed by atoms with Gasteiger partial charge in [0.1, 0.15) is 16.5 Å². The second-order valence-corrected chi connectivity index (χ2v) is 7.62. The minimum Gasteiger partial charge on any atom is -0.325 e. The van der Waals surface area contributed by atoms with Crippen molar-refractivity contribution in [1.82, 2.24) is 0 Å². The Morgan fingerprint density at radius 2 is 1.77 bits per heavy atom. The number of nitrogens with zero attached hydrogens (tertiary/aromatic N) is 2. The number of nitrogens with one attached hydrogen (secondary N) is 1. The number of benzene rings is 2. The molecule has 0 spiro atoms. The van der Waals surface area contributed by atoms with Crippen molar-refractivity contribution in [1.29, 1.82) is 0 Å². The Kier molecular flexibility index (Phi) is 5.44. The van der Waals surface area contributed by atoms with Gasteiger partial charge in [-0.25, -0.2) is 9.38 Å². The van der Waals surface area contributed by atoms with Crippen LogP contribution >= 0.6 is 23.4 Å². The maximum Gasteiger partial charge on any atom is 0.234 e. The largest absolute Gasteiger partial charge is 0.325 e. The lowest BCUT2D eigenvalue weighted by Gasteiger charge is -2.07. The number of carbonyl (C=O) groups excluding carboxylic acids is 1. The van der Waals surface area contributed by atoms with E-state index in [0.717, 1.165) is 11.3 Å². The molecule has 1 aliphatic rings. The summed E-state index contributed by atoms with van der Waals surface area (Å²) in [6.07, 6.45) is 0. The molecule has 0 fully saturated rings. The second kappa shape index (κ2) is 7.60. The average molecular weight is 390 g/mol. The van der Waals surface area contributed by atoms with Gasteiger partial charge in [-0.1, -0.05) is 35.5 Å². The molecule has 1 aliphatic heterocycles. The zero-order chi connectivity index (χ0) is 18.7. The molecule has 7 heteroatoms. The predicted molar refractivity (Wildman–Crippen MR) is 107 cm³/mol. The highest BCUT2D eigenvalue weighted by molar-refractivity contribution is 8.16. The minimum absolute atomic E-state index is 0.179. The number of aliphatic imine (C=N–C) groups is 2. The number of thioether (sulfide) groups is 1. The monoisotopic (exact) mass is 389 g/mol. The van der Waals surface area contributed by atoms with E-state index in [9.17, 15) is 9.18 Å². The number of amides is 1. The standard InChI is InChI=1S/C19H17ClFN3OS/c1-19(2)23-17(12-3-5-13(20)6-4-12)18(24-19)26-11-16(25)22-15-9-7-14(21)8-10-15/h3-10H,11H2,1-2H3,(H,22,25). The van der Waals surface area contributed by atoms with Crippen molar-refractivity contribution in [3.05, 3.63) is 64.9 Å². The van der Waals surface area contributed by atoms with Gasteiger partial charge >= 0.3 is 0 Å². The second-order valence-electron chi connectivity index (χ2n) is 6.22. The van der Waals surface area contributed by atoms with E-state index in [1.807, 2.05) is 26.0 Å². The third-order valence-corrected chi connectivity index (χ3v) is 4.77. The van der Waals surface area contributed by atoms with Crippen molar-refractivity contribution in [3.63, 3.8) is 0 Å². The van der Waals surface area contributed by atoms with Gasteiger partial charge in [0.2, 0.25) is 5.91 Å². The summed E-state index contributed by atoms with van der Waals surface area (Å²) in [6.45, 7) is 3.82. The van der Waals surface area contributed by atoms with Crippen molar-refractivity contribution in [2.24, 2.45) is 9.98 Å². The molecule has 1 heterocycles. The molecule has 4 nitrogen and oxygen atoms in total. The maximum atomic E-state index is 12.9. The average Bonchev–Trinajstić information content (AvgIpc) is 2.91. The van der Waals surface area contributed by atoms with Crippen LogP contribution in [0.3, 0.4) is 0 Å². The first kappa shape index (κ1) is 18.6. The van der Waals surface area contributed by atoms with Crippen molar-refractivity contribution in [2.45, 2.75) is 19.5 Å². The van der Waals surface area contributed by atoms with E-state index in [0.29, 0.717) is 15.8 Å². The summed E-state index contributed by atoms with van der Waals surface area (Å²) in [7, 11) is 0. The molecular formula is C19H17ClFN3OS. The first-order chi connectivity index (χ1) is 12.3. The van der Waals surface area contributed by atoms with Crippen LogP contribution in [-0.4, -0.2) is 28.1 Å². The van der Waals surface area contributed by atoms with E-state index in [1.165, 1.54) is 36.0 Å². The lowest BCUT2D eigenvalue weighted by molar-refractivity contribution is -0.113. The molecule has 0 atom stereocenters. The molecule has 1 N–H and O–H groups in total. The quantitative estimate of drug-likeness (QED) is 0.817.